The minimum absolute atomic E-state index is 0.115. The number of hydrogen-bond donors (Lipinski definition) is 0. The molecule has 1 amide bonds. The van der Waals surface area contributed by atoms with E-state index in [4.69, 9.17) is 11.6 Å². The number of hydrogen-bond acceptors (Lipinski definition) is 4. The third kappa shape index (κ3) is 2.95. The summed E-state index contributed by atoms with van der Waals surface area (Å²) in [7, 11) is 0. The summed E-state index contributed by atoms with van der Waals surface area (Å²) in [6.45, 7) is 0.494. The van der Waals surface area contributed by atoms with Crippen LogP contribution in [0.1, 0.15) is 30.3 Å². The van der Waals surface area contributed by atoms with Crippen molar-refractivity contribution in [2.45, 2.75) is 38.0 Å². The van der Waals surface area contributed by atoms with E-state index in [-0.39, 0.29) is 31.2 Å². The zero-order valence-electron chi connectivity index (χ0n) is 13.4. The Balaban J connectivity index is 1.61. The van der Waals surface area contributed by atoms with E-state index >= 15 is 0 Å². The molecule has 1 fully saturated rings. The summed E-state index contributed by atoms with van der Waals surface area (Å²) < 4.78 is 15.9. The number of likely N-dealkylation sites (tertiary alicyclic amines) is 1. The number of pyridine rings is 1. The molecule has 0 aliphatic carbocycles. The fraction of sp³-hybridized carbons (Fsp3) is 0.500. The lowest BCUT2D eigenvalue weighted by Crippen LogP contribution is -2.54. The average molecular weight is 366 g/mol. The van der Waals surface area contributed by atoms with Crippen molar-refractivity contribution in [3.63, 3.8) is 0 Å². The van der Waals surface area contributed by atoms with Crippen LogP contribution in [0.5, 0.6) is 0 Å². The quantitative estimate of drug-likeness (QED) is 0.766. The van der Waals surface area contributed by atoms with Crippen molar-refractivity contribution in [1.29, 1.82) is 0 Å². The standard InChI is InChI=1S/C16H17ClFN5O2/c17-13-5-4-10(6-19-13)7-22-16(25)23-12(2-1-3-14(23)20-22)15(24)21-8-11(18)9-21/h4-6,11-12H,1-3,7-9H2. The molecule has 2 aliphatic rings. The molecule has 25 heavy (non-hydrogen) atoms. The minimum atomic E-state index is -0.955. The number of halogens is 2. The molecule has 0 saturated carbocycles. The maximum Gasteiger partial charge on any atom is 0.346 e. The van der Waals surface area contributed by atoms with Crippen molar-refractivity contribution in [2.24, 2.45) is 0 Å². The van der Waals surface area contributed by atoms with Gasteiger partial charge in [0.15, 0.2) is 0 Å². The molecule has 0 aromatic carbocycles. The van der Waals surface area contributed by atoms with E-state index in [1.807, 2.05) is 0 Å². The van der Waals surface area contributed by atoms with Gasteiger partial charge in [0, 0.05) is 12.6 Å². The third-order valence-corrected chi connectivity index (χ3v) is 4.91. The highest BCUT2D eigenvalue weighted by Crippen LogP contribution is 2.26. The number of aryl methyl sites for hydroxylation is 1. The summed E-state index contributed by atoms with van der Waals surface area (Å²) in [6.07, 6.45) is 2.65. The lowest BCUT2D eigenvalue weighted by Gasteiger charge is -2.37. The summed E-state index contributed by atoms with van der Waals surface area (Å²) in [6, 6.07) is 2.85. The Morgan fingerprint density at radius 1 is 1.36 bits per heavy atom. The van der Waals surface area contributed by atoms with Gasteiger partial charge in [0.05, 0.1) is 19.6 Å². The van der Waals surface area contributed by atoms with Crippen LogP contribution in [0.15, 0.2) is 23.1 Å². The SMILES string of the molecule is O=C(C1CCCc2nn(Cc3ccc(Cl)nc3)c(=O)n21)N1CC(F)C1. The van der Waals surface area contributed by atoms with Crippen molar-refractivity contribution < 1.29 is 9.18 Å². The average Bonchev–Trinajstić information content (AvgIpc) is 2.89. The van der Waals surface area contributed by atoms with Crippen LogP contribution in [0, 0.1) is 0 Å². The minimum Gasteiger partial charge on any atom is -0.335 e. The monoisotopic (exact) mass is 365 g/mol. The van der Waals surface area contributed by atoms with Gasteiger partial charge in [-0.2, -0.15) is 5.10 Å². The van der Waals surface area contributed by atoms with Crippen LogP contribution in [0.3, 0.4) is 0 Å². The number of fused-ring (bicyclic) bond motifs is 1. The maximum atomic E-state index is 13.1. The van der Waals surface area contributed by atoms with Crippen molar-refractivity contribution in [2.75, 3.05) is 13.1 Å². The molecule has 4 rings (SSSR count). The van der Waals surface area contributed by atoms with Crippen molar-refractivity contribution >= 4 is 17.5 Å². The Kier molecular flexibility index (Phi) is 4.07. The Hall–Kier alpha value is -2.22. The Morgan fingerprint density at radius 2 is 2.16 bits per heavy atom. The molecule has 1 atom stereocenters. The zero-order chi connectivity index (χ0) is 17.6. The molecule has 1 unspecified atom stereocenters. The summed E-state index contributed by atoms with van der Waals surface area (Å²) >= 11 is 5.77. The number of aromatic nitrogens is 4. The van der Waals surface area contributed by atoms with E-state index in [0.29, 0.717) is 23.8 Å². The summed E-state index contributed by atoms with van der Waals surface area (Å²) in [5.41, 5.74) is 0.480. The fourth-order valence-electron chi connectivity index (χ4n) is 3.36. The summed E-state index contributed by atoms with van der Waals surface area (Å²) in [4.78, 5) is 30.8. The van der Waals surface area contributed by atoms with E-state index in [1.54, 1.807) is 18.3 Å². The number of carbonyl (C=O) groups excluding carboxylic acids is 1. The molecule has 0 bridgehead atoms. The first-order chi connectivity index (χ1) is 12.0. The largest absolute Gasteiger partial charge is 0.346 e. The smallest absolute Gasteiger partial charge is 0.335 e. The first-order valence-electron chi connectivity index (χ1n) is 8.24. The van der Waals surface area contributed by atoms with Gasteiger partial charge >= 0.3 is 5.69 Å². The van der Waals surface area contributed by atoms with E-state index in [2.05, 4.69) is 10.1 Å². The molecule has 9 heteroatoms. The highest BCUT2D eigenvalue weighted by molar-refractivity contribution is 6.29. The van der Waals surface area contributed by atoms with Gasteiger partial charge in [-0.25, -0.2) is 18.9 Å². The number of amides is 1. The second-order valence-electron chi connectivity index (χ2n) is 6.46. The first kappa shape index (κ1) is 16.3. The van der Waals surface area contributed by atoms with Crippen LogP contribution in [0.2, 0.25) is 5.15 Å². The second kappa shape index (κ2) is 6.25. The Bertz CT molecular complexity index is 856. The second-order valence-corrected chi connectivity index (χ2v) is 6.85. The van der Waals surface area contributed by atoms with Crippen molar-refractivity contribution in [1.82, 2.24) is 24.2 Å². The van der Waals surface area contributed by atoms with Gasteiger partial charge in [0.1, 0.15) is 23.2 Å². The summed E-state index contributed by atoms with van der Waals surface area (Å²) in [5.74, 6) is 0.415. The van der Waals surface area contributed by atoms with E-state index in [9.17, 15) is 14.0 Å². The van der Waals surface area contributed by atoms with Gasteiger partial charge in [0.2, 0.25) is 5.91 Å². The van der Waals surface area contributed by atoms with Gasteiger partial charge < -0.3 is 4.90 Å². The number of carbonyl (C=O) groups is 1. The van der Waals surface area contributed by atoms with Crippen LogP contribution in [0.4, 0.5) is 4.39 Å². The molecule has 1 saturated heterocycles. The number of alkyl halides is 1. The molecule has 0 N–H and O–H groups in total. The lowest BCUT2D eigenvalue weighted by atomic mass is 10.0. The highest BCUT2D eigenvalue weighted by atomic mass is 35.5. The molecule has 2 aromatic heterocycles. The van der Waals surface area contributed by atoms with Crippen LogP contribution in [0.25, 0.3) is 0 Å². The molecule has 0 radical (unpaired) electrons. The van der Waals surface area contributed by atoms with Crippen LogP contribution < -0.4 is 5.69 Å². The molecule has 4 heterocycles. The van der Waals surface area contributed by atoms with Gasteiger partial charge in [-0.15, -0.1) is 0 Å². The Morgan fingerprint density at radius 3 is 2.84 bits per heavy atom. The third-order valence-electron chi connectivity index (χ3n) is 4.69. The van der Waals surface area contributed by atoms with E-state index < -0.39 is 12.2 Å². The van der Waals surface area contributed by atoms with Gasteiger partial charge in [0.25, 0.3) is 0 Å². The van der Waals surface area contributed by atoms with Crippen LogP contribution >= 0.6 is 11.6 Å². The number of rotatable bonds is 3. The molecule has 2 aromatic rings. The molecule has 0 spiro atoms. The number of nitrogens with zero attached hydrogens (tertiary/aromatic N) is 5. The van der Waals surface area contributed by atoms with Crippen molar-refractivity contribution in [3.05, 3.63) is 45.4 Å². The van der Waals surface area contributed by atoms with E-state index in [0.717, 1.165) is 12.0 Å². The predicted molar refractivity (Wildman–Crippen MR) is 88.3 cm³/mol. The highest BCUT2D eigenvalue weighted by Gasteiger charge is 2.38. The molecule has 7 nitrogen and oxygen atoms in total. The maximum absolute atomic E-state index is 13.1. The first-order valence-corrected chi connectivity index (χ1v) is 8.62. The lowest BCUT2D eigenvalue weighted by molar-refractivity contribution is -0.142. The fourth-order valence-corrected chi connectivity index (χ4v) is 3.47. The summed E-state index contributed by atoms with van der Waals surface area (Å²) in [5, 5.41) is 4.76. The Labute approximate surface area is 148 Å². The molecular weight excluding hydrogens is 349 g/mol. The topological polar surface area (TPSA) is 73.0 Å². The molecule has 132 valence electrons. The predicted octanol–water partition coefficient (Wildman–Crippen LogP) is 1.20. The van der Waals surface area contributed by atoms with Crippen molar-refractivity contribution in [3.8, 4) is 0 Å². The zero-order valence-corrected chi connectivity index (χ0v) is 14.2. The molecular formula is C16H17ClFN5O2. The normalized spacial score (nSPS) is 20.2. The van der Waals surface area contributed by atoms with Crippen LogP contribution in [-0.2, 0) is 17.8 Å². The van der Waals surface area contributed by atoms with Gasteiger partial charge in [-0.05, 0) is 24.5 Å². The van der Waals surface area contributed by atoms with Gasteiger partial charge in [-0.1, -0.05) is 17.7 Å². The van der Waals surface area contributed by atoms with Gasteiger partial charge in [-0.3, -0.25) is 9.36 Å². The van der Waals surface area contributed by atoms with Crippen LogP contribution in [-0.4, -0.2) is 49.4 Å². The van der Waals surface area contributed by atoms with E-state index in [1.165, 1.54) is 14.1 Å². The molecule has 2 aliphatic heterocycles.